The first-order valence-corrected chi connectivity index (χ1v) is 6.16. The standard InChI is InChI=1S/C12H11BrF2O2/c13-8-4-3-7(9(14)10(8)15)12(11(16)17)5-1-2-6-12/h3-4H,1-2,5-6H2,(H,16,17). The molecule has 0 bridgehead atoms. The van der Waals surface area contributed by atoms with Crippen LogP contribution in [0.2, 0.25) is 0 Å². The zero-order chi connectivity index (χ0) is 12.6. The molecule has 0 aliphatic heterocycles. The van der Waals surface area contributed by atoms with Crippen molar-refractivity contribution < 1.29 is 18.7 Å². The van der Waals surface area contributed by atoms with Gasteiger partial charge in [0.05, 0.1) is 9.89 Å². The fourth-order valence-corrected chi connectivity index (χ4v) is 2.78. The van der Waals surface area contributed by atoms with Gasteiger partial charge in [0.2, 0.25) is 0 Å². The molecule has 2 rings (SSSR count). The zero-order valence-electron chi connectivity index (χ0n) is 8.97. The van der Waals surface area contributed by atoms with Gasteiger partial charge < -0.3 is 5.11 Å². The summed E-state index contributed by atoms with van der Waals surface area (Å²) in [7, 11) is 0. The van der Waals surface area contributed by atoms with Crippen LogP contribution in [0.4, 0.5) is 8.78 Å². The van der Waals surface area contributed by atoms with Crippen molar-refractivity contribution >= 4 is 21.9 Å². The van der Waals surface area contributed by atoms with Gasteiger partial charge in [-0.15, -0.1) is 0 Å². The van der Waals surface area contributed by atoms with E-state index in [1.165, 1.54) is 12.1 Å². The number of halogens is 3. The van der Waals surface area contributed by atoms with Crippen molar-refractivity contribution in [3.8, 4) is 0 Å². The summed E-state index contributed by atoms with van der Waals surface area (Å²) in [5, 5.41) is 9.30. The van der Waals surface area contributed by atoms with E-state index in [-0.39, 0.29) is 10.0 Å². The zero-order valence-corrected chi connectivity index (χ0v) is 10.6. The average Bonchev–Trinajstić information content (AvgIpc) is 2.76. The molecule has 0 unspecified atom stereocenters. The number of hydrogen-bond donors (Lipinski definition) is 1. The van der Waals surface area contributed by atoms with Gasteiger partial charge in [0, 0.05) is 5.56 Å². The highest BCUT2D eigenvalue weighted by molar-refractivity contribution is 9.10. The van der Waals surface area contributed by atoms with Crippen LogP contribution >= 0.6 is 15.9 Å². The summed E-state index contributed by atoms with van der Waals surface area (Å²) in [4.78, 5) is 11.4. The lowest BCUT2D eigenvalue weighted by Gasteiger charge is -2.25. The van der Waals surface area contributed by atoms with Crippen LogP contribution in [-0.2, 0) is 10.2 Å². The van der Waals surface area contributed by atoms with E-state index in [0.717, 1.165) is 12.8 Å². The summed E-state index contributed by atoms with van der Waals surface area (Å²) >= 11 is 2.88. The van der Waals surface area contributed by atoms with Gasteiger partial charge in [0.25, 0.3) is 0 Å². The van der Waals surface area contributed by atoms with E-state index in [2.05, 4.69) is 15.9 Å². The molecule has 0 atom stereocenters. The third-order valence-corrected chi connectivity index (χ3v) is 4.03. The summed E-state index contributed by atoms with van der Waals surface area (Å²) in [5.41, 5.74) is -1.30. The Bertz CT molecular complexity index is 468. The summed E-state index contributed by atoms with van der Waals surface area (Å²) in [6.07, 6.45) is 2.17. The van der Waals surface area contributed by atoms with Crippen molar-refractivity contribution in [2.24, 2.45) is 0 Å². The SMILES string of the molecule is O=C(O)C1(c2ccc(Br)c(F)c2F)CCCC1. The fraction of sp³-hybridized carbons (Fsp3) is 0.417. The normalized spacial score (nSPS) is 18.3. The molecular formula is C12H11BrF2O2. The summed E-state index contributed by atoms with van der Waals surface area (Å²) in [6, 6.07) is 2.72. The molecule has 1 aromatic carbocycles. The van der Waals surface area contributed by atoms with Gasteiger partial charge in [-0.1, -0.05) is 18.9 Å². The second-order valence-corrected chi connectivity index (χ2v) is 5.17. The van der Waals surface area contributed by atoms with Crippen LogP contribution in [0.1, 0.15) is 31.2 Å². The van der Waals surface area contributed by atoms with Gasteiger partial charge in [-0.25, -0.2) is 8.78 Å². The van der Waals surface area contributed by atoms with Gasteiger partial charge in [0.1, 0.15) is 0 Å². The maximum atomic E-state index is 13.9. The second-order valence-electron chi connectivity index (χ2n) is 4.32. The number of benzene rings is 1. The fourth-order valence-electron chi connectivity index (χ4n) is 2.47. The van der Waals surface area contributed by atoms with Crippen molar-refractivity contribution in [3.63, 3.8) is 0 Å². The van der Waals surface area contributed by atoms with Gasteiger partial charge in [-0.05, 0) is 34.8 Å². The van der Waals surface area contributed by atoms with Crippen molar-refractivity contribution in [2.75, 3.05) is 0 Å². The largest absolute Gasteiger partial charge is 0.481 e. The predicted octanol–water partition coefficient (Wildman–Crippen LogP) is 3.62. The molecule has 0 spiro atoms. The molecule has 5 heteroatoms. The van der Waals surface area contributed by atoms with Crippen LogP contribution in [0, 0.1) is 11.6 Å². The monoisotopic (exact) mass is 304 g/mol. The highest BCUT2D eigenvalue weighted by Crippen LogP contribution is 2.43. The number of carboxylic acid groups (broad SMARTS) is 1. The third-order valence-electron chi connectivity index (χ3n) is 3.42. The number of rotatable bonds is 2. The molecule has 0 amide bonds. The molecule has 0 heterocycles. The smallest absolute Gasteiger partial charge is 0.314 e. The minimum Gasteiger partial charge on any atom is -0.481 e. The molecule has 1 fully saturated rings. The Labute approximate surface area is 106 Å². The molecule has 0 aromatic heterocycles. The minimum atomic E-state index is -1.26. The van der Waals surface area contributed by atoms with Crippen molar-refractivity contribution in [1.29, 1.82) is 0 Å². The molecule has 1 aliphatic carbocycles. The van der Waals surface area contributed by atoms with Crippen LogP contribution in [0.15, 0.2) is 16.6 Å². The Hall–Kier alpha value is -0.970. The van der Waals surface area contributed by atoms with E-state index in [4.69, 9.17) is 0 Å². The van der Waals surface area contributed by atoms with Gasteiger partial charge in [-0.3, -0.25) is 4.79 Å². The predicted molar refractivity (Wildman–Crippen MR) is 61.8 cm³/mol. The van der Waals surface area contributed by atoms with E-state index in [1.807, 2.05) is 0 Å². The Balaban J connectivity index is 2.59. The van der Waals surface area contributed by atoms with Crippen LogP contribution in [-0.4, -0.2) is 11.1 Å². The molecule has 17 heavy (non-hydrogen) atoms. The van der Waals surface area contributed by atoms with Crippen LogP contribution in [0.5, 0.6) is 0 Å². The molecule has 1 aliphatic rings. The Morgan fingerprint density at radius 3 is 2.35 bits per heavy atom. The van der Waals surface area contributed by atoms with E-state index in [9.17, 15) is 18.7 Å². The minimum absolute atomic E-state index is 0.0114. The van der Waals surface area contributed by atoms with Gasteiger partial charge in [0.15, 0.2) is 11.6 Å². The maximum Gasteiger partial charge on any atom is 0.314 e. The quantitative estimate of drug-likeness (QED) is 0.847. The van der Waals surface area contributed by atoms with Crippen molar-refractivity contribution in [3.05, 3.63) is 33.8 Å². The first-order valence-electron chi connectivity index (χ1n) is 5.36. The van der Waals surface area contributed by atoms with E-state index in [1.54, 1.807) is 0 Å². The lowest BCUT2D eigenvalue weighted by molar-refractivity contribution is -0.143. The highest BCUT2D eigenvalue weighted by atomic mass is 79.9. The number of hydrogen-bond acceptors (Lipinski definition) is 1. The molecule has 2 nitrogen and oxygen atoms in total. The average molecular weight is 305 g/mol. The number of aliphatic carboxylic acids is 1. The van der Waals surface area contributed by atoms with Crippen LogP contribution in [0.25, 0.3) is 0 Å². The summed E-state index contributed by atoms with van der Waals surface area (Å²) in [5.74, 6) is -3.14. The van der Waals surface area contributed by atoms with Crippen LogP contribution < -0.4 is 0 Å². The topological polar surface area (TPSA) is 37.3 Å². The Morgan fingerprint density at radius 1 is 1.24 bits per heavy atom. The van der Waals surface area contributed by atoms with E-state index in [0.29, 0.717) is 12.8 Å². The molecular weight excluding hydrogens is 294 g/mol. The third kappa shape index (κ3) is 1.86. The summed E-state index contributed by atoms with van der Waals surface area (Å²) in [6.45, 7) is 0. The first-order chi connectivity index (χ1) is 7.99. The molecule has 1 N–H and O–H groups in total. The van der Waals surface area contributed by atoms with Gasteiger partial charge in [-0.2, -0.15) is 0 Å². The number of carbonyl (C=O) groups is 1. The maximum absolute atomic E-state index is 13.9. The highest BCUT2D eigenvalue weighted by Gasteiger charge is 2.45. The second kappa shape index (κ2) is 4.37. The molecule has 1 saturated carbocycles. The van der Waals surface area contributed by atoms with Crippen LogP contribution in [0.3, 0.4) is 0 Å². The van der Waals surface area contributed by atoms with E-state index >= 15 is 0 Å². The van der Waals surface area contributed by atoms with Gasteiger partial charge >= 0.3 is 5.97 Å². The van der Waals surface area contributed by atoms with Crippen molar-refractivity contribution in [2.45, 2.75) is 31.1 Å². The van der Waals surface area contributed by atoms with E-state index < -0.39 is 23.0 Å². The summed E-state index contributed by atoms with van der Waals surface area (Å²) < 4.78 is 27.3. The molecule has 92 valence electrons. The number of carboxylic acids is 1. The van der Waals surface area contributed by atoms with Crippen molar-refractivity contribution in [1.82, 2.24) is 0 Å². The lowest BCUT2D eigenvalue weighted by atomic mass is 9.78. The first kappa shape index (κ1) is 12.5. The Morgan fingerprint density at radius 2 is 1.82 bits per heavy atom. The molecule has 1 aromatic rings. The molecule has 0 radical (unpaired) electrons. The Kier molecular flexibility index (Phi) is 3.21. The molecule has 0 saturated heterocycles. The lowest BCUT2D eigenvalue weighted by Crippen LogP contribution is -2.34.